The lowest BCUT2D eigenvalue weighted by atomic mass is 10.2. The van der Waals surface area contributed by atoms with Crippen molar-refractivity contribution in [3.05, 3.63) is 52.2 Å². The summed E-state index contributed by atoms with van der Waals surface area (Å²) in [6, 6.07) is 7.07. The Labute approximate surface area is 132 Å². The molecule has 2 amide bonds. The second kappa shape index (κ2) is 5.68. The zero-order valence-electron chi connectivity index (χ0n) is 12.9. The average molecular weight is 312 g/mol. The van der Waals surface area contributed by atoms with Gasteiger partial charge in [-0.2, -0.15) is 0 Å². The molecule has 0 saturated heterocycles. The van der Waals surface area contributed by atoms with E-state index < -0.39 is 0 Å². The van der Waals surface area contributed by atoms with E-state index in [0.29, 0.717) is 22.6 Å². The van der Waals surface area contributed by atoms with Crippen LogP contribution in [0.2, 0.25) is 0 Å². The van der Waals surface area contributed by atoms with E-state index in [1.165, 1.54) is 15.8 Å². The third-order valence-corrected chi connectivity index (χ3v) is 3.89. The highest BCUT2D eigenvalue weighted by Crippen LogP contribution is 2.28. The second-order valence-corrected chi connectivity index (χ2v) is 5.43. The van der Waals surface area contributed by atoms with Crippen molar-refractivity contribution in [3.63, 3.8) is 0 Å². The standard InChI is InChI=1S/C16H16N4O3/c1-10-11(2)17-9-19(16(10)23)8-15(22)20-7-14(21)18-12-5-3-4-6-13(12)20/h3-6,9H,7-8H2,1-2H3,(H,18,21). The molecule has 23 heavy (non-hydrogen) atoms. The first-order valence-electron chi connectivity index (χ1n) is 7.19. The van der Waals surface area contributed by atoms with Crippen LogP contribution in [0.1, 0.15) is 11.3 Å². The molecule has 118 valence electrons. The molecule has 7 nitrogen and oxygen atoms in total. The van der Waals surface area contributed by atoms with E-state index >= 15 is 0 Å². The molecular weight excluding hydrogens is 296 g/mol. The van der Waals surface area contributed by atoms with Crippen LogP contribution >= 0.6 is 0 Å². The highest BCUT2D eigenvalue weighted by molar-refractivity contribution is 6.09. The fourth-order valence-corrected chi connectivity index (χ4v) is 2.48. The number of rotatable bonds is 2. The van der Waals surface area contributed by atoms with E-state index in [0.717, 1.165) is 0 Å². The number of aromatic nitrogens is 2. The molecule has 0 aliphatic carbocycles. The summed E-state index contributed by atoms with van der Waals surface area (Å²) in [6.45, 7) is 3.20. The van der Waals surface area contributed by atoms with Crippen LogP contribution in [0.4, 0.5) is 11.4 Å². The molecule has 0 saturated carbocycles. The number of aryl methyl sites for hydroxylation is 1. The Balaban J connectivity index is 1.92. The molecule has 1 aromatic carbocycles. The van der Waals surface area contributed by atoms with Gasteiger partial charge in [0, 0.05) is 11.3 Å². The molecule has 1 aliphatic rings. The number of amides is 2. The van der Waals surface area contributed by atoms with Gasteiger partial charge in [-0.3, -0.25) is 23.9 Å². The van der Waals surface area contributed by atoms with Crippen molar-refractivity contribution in [2.24, 2.45) is 0 Å². The van der Waals surface area contributed by atoms with Crippen LogP contribution in [0.15, 0.2) is 35.4 Å². The van der Waals surface area contributed by atoms with Gasteiger partial charge >= 0.3 is 0 Å². The molecule has 0 radical (unpaired) electrons. The first-order chi connectivity index (χ1) is 11.0. The third-order valence-electron chi connectivity index (χ3n) is 3.89. The van der Waals surface area contributed by atoms with Gasteiger partial charge in [0.05, 0.1) is 17.7 Å². The molecule has 2 aromatic rings. The molecule has 1 N–H and O–H groups in total. The summed E-state index contributed by atoms with van der Waals surface area (Å²) in [5.41, 5.74) is 2.11. The SMILES string of the molecule is Cc1ncn(CC(=O)N2CC(=O)Nc3ccccc32)c(=O)c1C. The summed E-state index contributed by atoms with van der Waals surface area (Å²) in [7, 11) is 0. The molecule has 0 unspecified atom stereocenters. The lowest BCUT2D eigenvalue weighted by Gasteiger charge is -2.29. The summed E-state index contributed by atoms with van der Waals surface area (Å²) in [6.07, 6.45) is 1.36. The van der Waals surface area contributed by atoms with Gasteiger partial charge in [-0.15, -0.1) is 0 Å². The van der Waals surface area contributed by atoms with Crippen LogP contribution in [-0.4, -0.2) is 27.9 Å². The van der Waals surface area contributed by atoms with Crippen molar-refractivity contribution in [3.8, 4) is 0 Å². The van der Waals surface area contributed by atoms with Crippen molar-refractivity contribution >= 4 is 23.2 Å². The molecule has 0 fully saturated rings. The summed E-state index contributed by atoms with van der Waals surface area (Å²) in [5, 5.41) is 2.72. The number of nitrogens with one attached hydrogen (secondary N) is 1. The van der Waals surface area contributed by atoms with Crippen molar-refractivity contribution in [2.75, 3.05) is 16.8 Å². The van der Waals surface area contributed by atoms with E-state index in [9.17, 15) is 14.4 Å². The van der Waals surface area contributed by atoms with E-state index in [2.05, 4.69) is 10.3 Å². The zero-order chi connectivity index (χ0) is 16.6. The maximum Gasteiger partial charge on any atom is 0.256 e. The predicted octanol–water partition coefficient (Wildman–Crippen LogP) is 0.845. The number of carbonyl (C=O) groups is 2. The van der Waals surface area contributed by atoms with E-state index in [4.69, 9.17) is 0 Å². The number of hydrogen-bond acceptors (Lipinski definition) is 4. The highest BCUT2D eigenvalue weighted by Gasteiger charge is 2.26. The number of nitrogens with zero attached hydrogens (tertiary/aromatic N) is 3. The summed E-state index contributed by atoms with van der Waals surface area (Å²) < 4.78 is 1.26. The Morgan fingerprint density at radius 3 is 2.78 bits per heavy atom. The molecule has 0 bridgehead atoms. The maximum absolute atomic E-state index is 12.6. The normalized spacial score (nSPS) is 13.5. The fourth-order valence-electron chi connectivity index (χ4n) is 2.48. The first kappa shape index (κ1) is 15.0. The molecule has 1 aliphatic heterocycles. The Morgan fingerprint density at radius 2 is 2.00 bits per heavy atom. The zero-order valence-corrected chi connectivity index (χ0v) is 12.9. The monoisotopic (exact) mass is 312 g/mol. The Kier molecular flexibility index (Phi) is 3.69. The van der Waals surface area contributed by atoms with Gasteiger partial charge in [0.25, 0.3) is 5.56 Å². The number of anilines is 2. The lowest BCUT2D eigenvalue weighted by Crippen LogP contribution is -2.44. The Morgan fingerprint density at radius 1 is 1.26 bits per heavy atom. The third kappa shape index (κ3) is 2.73. The molecule has 3 rings (SSSR count). The van der Waals surface area contributed by atoms with Crippen LogP contribution in [0.3, 0.4) is 0 Å². The van der Waals surface area contributed by atoms with E-state index in [-0.39, 0.29) is 30.5 Å². The van der Waals surface area contributed by atoms with Gasteiger partial charge in [0.1, 0.15) is 13.1 Å². The number of benzene rings is 1. The van der Waals surface area contributed by atoms with E-state index in [1.807, 2.05) is 0 Å². The van der Waals surface area contributed by atoms with Gasteiger partial charge in [0.2, 0.25) is 11.8 Å². The summed E-state index contributed by atoms with van der Waals surface area (Å²) >= 11 is 0. The molecule has 1 aromatic heterocycles. The fraction of sp³-hybridized carbons (Fsp3) is 0.250. The van der Waals surface area contributed by atoms with Gasteiger partial charge in [0.15, 0.2) is 0 Å². The van der Waals surface area contributed by atoms with E-state index in [1.54, 1.807) is 38.1 Å². The molecular formula is C16H16N4O3. The minimum absolute atomic E-state index is 0.0666. The number of fused-ring (bicyclic) bond motifs is 1. The average Bonchev–Trinajstić information content (AvgIpc) is 2.54. The summed E-state index contributed by atoms with van der Waals surface area (Å²) in [5.74, 6) is -0.595. The Bertz CT molecular complexity index is 857. The largest absolute Gasteiger partial charge is 0.323 e. The smallest absolute Gasteiger partial charge is 0.256 e. The van der Waals surface area contributed by atoms with Crippen molar-refractivity contribution in [1.29, 1.82) is 0 Å². The number of carbonyl (C=O) groups excluding carboxylic acids is 2. The van der Waals surface area contributed by atoms with Crippen LogP contribution in [0.25, 0.3) is 0 Å². The van der Waals surface area contributed by atoms with Crippen LogP contribution < -0.4 is 15.8 Å². The molecule has 0 spiro atoms. The van der Waals surface area contributed by atoms with Gasteiger partial charge in [-0.25, -0.2) is 4.98 Å². The minimum Gasteiger partial charge on any atom is -0.323 e. The van der Waals surface area contributed by atoms with Crippen LogP contribution in [0, 0.1) is 13.8 Å². The molecule has 2 heterocycles. The lowest BCUT2D eigenvalue weighted by molar-refractivity contribution is -0.122. The van der Waals surface area contributed by atoms with Gasteiger partial charge in [-0.05, 0) is 26.0 Å². The minimum atomic E-state index is -0.334. The van der Waals surface area contributed by atoms with Gasteiger partial charge in [-0.1, -0.05) is 12.1 Å². The maximum atomic E-state index is 12.6. The highest BCUT2D eigenvalue weighted by atomic mass is 16.2. The Hall–Kier alpha value is -2.96. The van der Waals surface area contributed by atoms with Crippen molar-refractivity contribution in [2.45, 2.75) is 20.4 Å². The topological polar surface area (TPSA) is 84.3 Å². The summed E-state index contributed by atoms with van der Waals surface area (Å²) in [4.78, 5) is 42.0. The van der Waals surface area contributed by atoms with Crippen molar-refractivity contribution < 1.29 is 9.59 Å². The number of hydrogen-bond donors (Lipinski definition) is 1. The van der Waals surface area contributed by atoms with Gasteiger partial charge < -0.3 is 5.32 Å². The van der Waals surface area contributed by atoms with Crippen LogP contribution in [-0.2, 0) is 16.1 Å². The molecule has 7 heteroatoms. The molecule has 0 atom stereocenters. The first-order valence-corrected chi connectivity index (χ1v) is 7.19. The second-order valence-electron chi connectivity index (χ2n) is 5.43. The quantitative estimate of drug-likeness (QED) is 0.891. The predicted molar refractivity (Wildman–Crippen MR) is 85.4 cm³/mol. The van der Waals surface area contributed by atoms with Crippen molar-refractivity contribution in [1.82, 2.24) is 9.55 Å². The number of para-hydroxylation sites is 2. The van der Waals surface area contributed by atoms with Crippen LogP contribution in [0.5, 0.6) is 0 Å².